The van der Waals surface area contributed by atoms with E-state index in [1.807, 2.05) is 29.6 Å². The van der Waals surface area contributed by atoms with E-state index in [-0.39, 0.29) is 5.91 Å². The Balaban J connectivity index is 1.67. The molecule has 3 rings (SSSR count). The van der Waals surface area contributed by atoms with Crippen LogP contribution < -0.4 is 10.6 Å². The fourth-order valence-corrected chi connectivity index (χ4v) is 3.54. The van der Waals surface area contributed by atoms with Crippen molar-refractivity contribution in [1.82, 2.24) is 5.32 Å². The third kappa shape index (κ3) is 2.82. The Kier molecular flexibility index (Phi) is 3.57. The summed E-state index contributed by atoms with van der Waals surface area (Å²) in [6.07, 6.45) is 1.04. The standard InChI is InChI=1S/C14H13BrN2OS/c15-11-6-12(19-8-11)7-17-14(18)10-2-1-9-3-4-16-13(9)5-10/h1-2,5-6,8,16H,3-4,7H2,(H,17,18). The first kappa shape index (κ1) is 12.7. The summed E-state index contributed by atoms with van der Waals surface area (Å²) in [6, 6.07) is 7.88. The number of rotatable bonds is 3. The first-order chi connectivity index (χ1) is 9.22. The number of benzene rings is 1. The zero-order valence-corrected chi connectivity index (χ0v) is 12.6. The first-order valence-corrected chi connectivity index (χ1v) is 7.77. The Morgan fingerprint density at radius 3 is 3.11 bits per heavy atom. The van der Waals surface area contributed by atoms with Crippen molar-refractivity contribution >= 4 is 38.9 Å². The smallest absolute Gasteiger partial charge is 0.251 e. The summed E-state index contributed by atoms with van der Waals surface area (Å²) >= 11 is 5.04. The van der Waals surface area contributed by atoms with Crippen molar-refractivity contribution in [2.24, 2.45) is 0 Å². The van der Waals surface area contributed by atoms with Gasteiger partial charge in [-0.25, -0.2) is 0 Å². The summed E-state index contributed by atoms with van der Waals surface area (Å²) in [7, 11) is 0. The summed E-state index contributed by atoms with van der Waals surface area (Å²) in [6.45, 7) is 1.53. The highest BCUT2D eigenvalue weighted by molar-refractivity contribution is 9.10. The molecule has 98 valence electrons. The molecule has 0 spiro atoms. The van der Waals surface area contributed by atoms with E-state index in [4.69, 9.17) is 0 Å². The Bertz CT molecular complexity index is 624. The second kappa shape index (κ2) is 5.35. The first-order valence-electron chi connectivity index (χ1n) is 6.10. The third-order valence-electron chi connectivity index (χ3n) is 3.13. The van der Waals surface area contributed by atoms with Gasteiger partial charge in [0.25, 0.3) is 5.91 Å². The molecule has 2 N–H and O–H groups in total. The molecule has 2 heterocycles. The zero-order valence-electron chi connectivity index (χ0n) is 10.2. The summed E-state index contributed by atoms with van der Waals surface area (Å²) in [5.74, 6) is -0.0268. The van der Waals surface area contributed by atoms with Crippen molar-refractivity contribution in [3.63, 3.8) is 0 Å². The molecular weight excluding hydrogens is 324 g/mol. The molecule has 1 aliphatic heterocycles. The molecule has 0 bridgehead atoms. The normalized spacial score (nSPS) is 12.9. The highest BCUT2D eigenvalue weighted by Crippen LogP contribution is 2.23. The molecule has 0 saturated heterocycles. The van der Waals surface area contributed by atoms with Gasteiger partial charge < -0.3 is 10.6 Å². The SMILES string of the molecule is O=C(NCc1cc(Br)cs1)c1ccc2c(c1)NCC2. The van der Waals surface area contributed by atoms with Crippen LogP contribution in [0.2, 0.25) is 0 Å². The summed E-state index contributed by atoms with van der Waals surface area (Å²) in [4.78, 5) is 13.2. The van der Waals surface area contributed by atoms with Crippen LogP contribution in [-0.2, 0) is 13.0 Å². The molecule has 19 heavy (non-hydrogen) atoms. The molecule has 0 radical (unpaired) electrons. The van der Waals surface area contributed by atoms with Crippen LogP contribution in [0.3, 0.4) is 0 Å². The number of carbonyl (C=O) groups excluding carboxylic acids is 1. The summed E-state index contributed by atoms with van der Waals surface area (Å²) in [5, 5.41) is 8.25. The molecule has 0 fully saturated rings. The van der Waals surface area contributed by atoms with E-state index in [0.717, 1.165) is 28.0 Å². The van der Waals surface area contributed by atoms with E-state index in [1.54, 1.807) is 11.3 Å². The van der Waals surface area contributed by atoms with Gasteiger partial charge in [0, 0.05) is 32.5 Å². The van der Waals surface area contributed by atoms with Gasteiger partial charge in [-0.15, -0.1) is 11.3 Å². The fraction of sp³-hybridized carbons (Fsp3) is 0.214. The number of halogens is 1. The maximum absolute atomic E-state index is 12.1. The van der Waals surface area contributed by atoms with Crippen molar-refractivity contribution in [2.75, 3.05) is 11.9 Å². The molecular formula is C14H13BrN2OS. The van der Waals surface area contributed by atoms with Gasteiger partial charge >= 0.3 is 0 Å². The van der Waals surface area contributed by atoms with Crippen LogP contribution >= 0.6 is 27.3 Å². The number of thiophene rings is 1. The van der Waals surface area contributed by atoms with Crippen LogP contribution in [0.5, 0.6) is 0 Å². The van der Waals surface area contributed by atoms with Crippen LogP contribution in [0, 0.1) is 0 Å². The van der Waals surface area contributed by atoms with Crippen molar-refractivity contribution in [1.29, 1.82) is 0 Å². The summed E-state index contributed by atoms with van der Waals surface area (Å²) < 4.78 is 1.06. The van der Waals surface area contributed by atoms with Crippen LogP contribution in [0.25, 0.3) is 0 Å². The lowest BCUT2D eigenvalue weighted by molar-refractivity contribution is 0.0951. The van der Waals surface area contributed by atoms with E-state index in [0.29, 0.717) is 12.1 Å². The lowest BCUT2D eigenvalue weighted by Crippen LogP contribution is -2.22. The van der Waals surface area contributed by atoms with Gasteiger partial charge in [0.15, 0.2) is 0 Å². The van der Waals surface area contributed by atoms with E-state index in [9.17, 15) is 4.79 Å². The van der Waals surface area contributed by atoms with Crippen molar-refractivity contribution in [3.05, 3.63) is 50.1 Å². The predicted octanol–water partition coefficient (Wildman–Crippen LogP) is 3.41. The highest BCUT2D eigenvalue weighted by Gasteiger charge is 2.13. The molecule has 5 heteroatoms. The van der Waals surface area contributed by atoms with E-state index < -0.39 is 0 Å². The number of anilines is 1. The molecule has 1 aliphatic rings. The van der Waals surface area contributed by atoms with Crippen molar-refractivity contribution in [2.45, 2.75) is 13.0 Å². The Labute approximate surface area is 124 Å². The van der Waals surface area contributed by atoms with Gasteiger partial charge in [-0.3, -0.25) is 4.79 Å². The molecule has 1 aromatic carbocycles. The summed E-state index contributed by atoms with van der Waals surface area (Å²) in [5.41, 5.74) is 3.09. The quantitative estimate of drug-likeness (QED) is 0.901. The number of hydrogen-bond acceptors (Lipinski definition) is 3. The van der Waals surface area contributed by atoms with E-state index in [2.05, 4.69) is 26.6 Å². The minimum absolute atomic E-state index is 0.0268. The van der Waals surface area contributed by atoms with Crippen molar-refractivity contribution < 1.29 is 4.79 Å². The highest BCUT2D eigenvalue weighted by atomic mass is 79.9. The van der Waals surface area contributed by atoms with Gasteiger partial charge in [0.05, 0.1) is 6.54 Å². The van der Waals surface area contributed by atoms with Gasteiger partial charge in [-0.2, -0.15) is 0 Å². The van der Waals surface area contributed by atoms with Crippen LogP contribution in [0.4, 0.5) is 5.69 Å². The van der Waals surface area contributed by atoms with Crippen LogP contribution in [0.15, 0.2) is 34.1 Å². The second-order valence-corrected chi connectivity index (χ2v) is 6.37. The van der Waals surface area contributed by atoms with Gasteiger partial charge in [-0.1, -0.05) is 6.07 Å². The second-order valence-electron chi connectivity index (χ2n) is 4.46. The average Bonchev–Trinajstić information content (AvgIpc) is 3.03. The Morgan fingerprint density at radius 2 is 2.32 bits per heavy atom. The number of carbonyl (C=O) groups is 1. The number of nitrogens with one attached hydrogen (secondary N) is 2. The molecule has 2 aromatic rings. The molecule has 1 aromatic heterocycles. The van der Waals surface area contributed by atoms with E-state index >= 15 is 0 Å². The Hall–Kier alpha value is -1.33. The molecule has 0 atom stereocenters. The fourth-order valence-electron chi connectivity index (χ4n) is 2.15. The predicted molar refractivity (Wildman–Crippen MR) is 81.8 cm³/mol. The van der Waals surface area contributed by atoms with E-state index in [1.165, 1.54) is 5.56 Å². The maximum Gasteiger partial charge on any atom is 0.251 e. The van der Waals surface area contributed by atoms with Crippen LogP contribution in [0.1, 0.15) is 20.8 Å². The monoisotopic (exact) mass is 336 g/mol. The van der Waals surface area contributed by atoms with Gasteiger partial charge in [0.2, 0.25) is 0 Å². The number of hydrogen-bond donors (Lipinski definition) is 2. The lowest BCUT2D eigenvalue weighted by atomic mass is 10.1. The third-order valence-corrected chi connectivity index (χ3v) is 4.82. The number of fused-ring (bicyclic) bond motifs is 1. The molecule has 0 aliphatic carbocycles. The Morgan fingerprint density at radius 1 is 1.42 bits per heavy atom. The largest absolute Gasteiger partial charge is 0.384 e. The lowest BCUT2D eigenvalue weighted by Gasteiger charge is -2.06. The average molecular weight is 337 g/mol. The minimum Gasteiger partial charge on any atom is -0.384 e. The number of amides is 1. The van der Waals surface area contributed by atoms with Crippen molar-refractivity contribution in [3.8, 4) is 0 Å². The topological polar surface area (TPSA) is 41.1 Å². The molecule has 3 nitrogen and oxygen atoms in total. The van der Waals surface area contributed by atoms with Gasteiger partial charge in [0.1, 0.15) is 0 Å². The molecule has 1 amide bonds. The van der Waals surface area contributed by atoms with Crippen LogP contribution in [-0.4, -0.2) is 12.5 Å². The zero-order chi connectivity index (χ0) is 13.2. The van der Waals surface area contributed by atoms with Gasteiger partial charge in [-0.05, 0) is 46.1 Å². The maximum atomic E-state index is 12.1. The molecule has 0 saturated carbocycles. The minimum atomic E-state index is -0.0268. The molecule has 0 unspecified atom stereocenters.